The third-order valence-electron chi connectivity index (χ3n) is 2.74. The van der Waals surface area contributed by atoms with Gasteiger partial charge in [0.1, 0.15) is 0 Å². The Balaban J connectivity index is 1.76. The van der Waals surface area contributed by atoms with E-state index >= 15 is 0 Å². The van der Waals surface area contributed by atoms with Crippen molar-refractivity contribution in [3.8, 4) is 0 Å². The Hall–Kier alpha value is 0.140. The highest BCUT2D eigenvalue weighted by Gasteiger charge is 2.20. The van der Waals surface area contributed by atoms with E-state index in [1.807, 2.05) is 11.3 Å². The fraction of sp³-hybridized carbons (Fsp3) is 0.636. The second-order valence-corrected chi connectivity index (χ2v) is 5.84. The van der Waals surface area contributed by atoms with Crippen molar-refractivity contribution in [2.45, 2.75) is 32.2 Å². The molecule has 1 aromatic heterocycles. The molecule has 1 aromatic rings. The predicted octanol–water partition coefficient (Wildman–Crippen LogP) is 3.96. The summed E-state index contributed by atoms with van der Waals surface area (Å²) in [5.74, 6) is 1.03. The van der Waals surface area contributed by atoms with Crippen LogP contribution in [0.4, 0.5) is 0 Å². The fourth-order valence-corrected chi connectivity index (χ4v) is 3.37. The van der Waals surface area contributed by atoms with Gasteiger partial charge in [-0.05, 0) is 53.2 Å². The molecule has 1 fully saturated rings. The standard InChI is InChI=1S/C11H16BrNS/c1-8(11-10(12)5-7-14-11)13-6-4-9-2-3-9/h5,7-9,13H,2-4,6H2,1H3. The molecule has 0 spiro atoms. The highest BCUT2D eigenvalue weighted by atomic mass is 79.9. The van der Waals surface area contributed by atoms with Gasteiger partial charge in [-0.2, -0.15) is 0 Å². The monoisotopic (exact) mass is 273 g/mol. The summed E-state index contributed by atoms with van der Waals surface area (Å²) >= 11 is 5.39. The Morgan fingerprint density at radius 2 is 2.43 bits per heavy atom. The van der Waals surface area contributed by atoms with Gasteiger partial charge in [-0.1, -0.05) is 12.8 Å². The van der Waals surface area contributed by atoms with Gasteiger partial charge in [-0.3, -0.25) is 0 Å². The van der Waals surface area contributed by atoms with Crippen LogP contribution in [0.1, 0.15) is 37.1 Å². The van der Waals surface area contributed by atoms with E-state index in [0.29, 0.717) is 6.04 Å². The molecule has 1 unspecified atom stereocenters. The van der Waals surface area contributed by atoms with E-state index in [-0.39, 0.29) is 0 Å². The molecule has 0 radical (unpaired) electrons. The van der Waals surface area contributed by atoms with E-state index < -0.39 is 0 Å². The van der Waals surface area contributed by atoms with Crippen molar-refractivity contribution in [2.24, 2.45) is 5.92 Å². The van der Waals surface area contributed by atoms with Gasteiger partial charge in [0.05, 0.1) is 0 Å². The van der Waals surface area contributed by atoms with Gasteiger partial charge in [0.15, 0.2) is 0 Å². The number of hydrogen-bond acceptors (Lipinski definition) is 2. The van der Waals surface area contributed by atoms with Crippen LogP contribution in [0.15, 0.2) is 15.9 Å². The van der Waals surface area contributed by atoms with Crippen LogP contribution in [0, 0.1) is 5.92 Å². The van der Waals surface area contributed by atoms with Crippen LogP contribution in [-0.2, 0) is 0 Å². The first kappa shape index (κ1) is 10.7. The molecule has 0 amide bonds. The summed E-state index contributed by atoms with van der Waals surface area (Å²) in [6.07, 6.45) is 4.27. The van der Waals surface area contributed by atoms with Gasteiger partial charge < -0.3 is 5.32 Å². The first-order valence-electron chi connectivity index (χ1n) is 5.23. The van der Waals surface area contributed by atoms with Crippen molar-refractivity contribution in [3.05, 3.63) is 20.8 Å². The second-order valence-electron chi connectivity index (χ2n) is 4.04. The van der Waals surface area contributed by atoms with E-state index in [1.54, 1.807) is 0 Å². The molecule has 0 saturated heterocycles. The Bertz CT molecular complexity index is 293. The summed E-state index contributed by atoms with van der Waals surface area (Å²) in [5.41, 5.74) is 0. The molecule has 2 rings (SSSR count). The van der Waals surface area contributed by atoms with Gasteiger partial charge in [0, 0.05) is 15.4 Å². The normalized spacial score (nSPS) is 18.4. The second kappa shape index (κ2) is 4.77. The molecule has 78 valence electrons. The Kier molecular flexibility index (Phi) is 3.63. The third-order valence-corrected chi connectivity index (χ3v) is 4.79. The zero-order chi connectivity index (χ0) is 9.97. The van der Waals surface area contributed by atoms with Crippen LogP contribution >= 0.6 is 27.3 Å². The van der Waals surface area contributed by atoms with Crippen molar-refractivity contribution >= 4 is 27.3 Å². The molecule has 1 N–H and O–H groups in total. The quantitative estimate of drug-likeness (QED) is 0.857. The van der Waals surface area contributed by atoms with Crippen molar-refractivity contribution in [1.29, 1.82) is 0 Å². The molecule has 1 heterocycles. The zero-order valence-corrected chi connectivity index (χ0v) is 10.8. The maximum atomic E-state index is 3.58. The number of nitrogens with one attached hydrogen (secondary N) is 1. The van der Waals surface area contributed by atoms with E-state index in [9.17, 15) is 0 Å². The molecule has 0 aliphatic heterocycles. The summed E-state index contributed by atoms with van der Waals surface area (Å²) < 4.78 is 1.24. The largest absolute Gasteiger partial charge is 0.309 e. The molecular weight excluding hydrogens is 258 g/mol. The Morgan fingerprint density at radius 3 is 3.00 bits per heavy atom. The number of hydrogen-bond donors (Lipinski definition) is 1. The third kappa shape index (κ3) is 2.81. The first-order chi connectivity index (χ1) is 6.77. The Morgan fingerprint density at radius 1 is 1.64 bits per heavy atom. The van der Waals surface area contributed by atoms with Crippen LogP contribution in [-0.4, -0.2) is 6.54 Å². The molecule has 1 atom stereocenters. The average molecular weight is 274 g/mol. The van der Waals surface area contributed by atoms with Crippen LogP contribution in [0.5, 0.6) is 0 Å². The topological polar surface area (TPSA) is 12.0 Å². The highest BCUT2D eigenvalue weighted by molar-refractivity contribution is 9.10. The lowest BCUT2D eigenvalue weighted by Crippen LogP contribution is -2.19. The summed E-state index contributed by atoms with van der Waals surface area (Å²) in [6.45, 7) is 3.40. The molecule has 1 nitrogen and oxygen atoms in total. The molecule has 14 heavy (non-hydrogen) atoms. The molecule has 0 aromatic carbocycles. The minimum atomic E-state index is 0.489. The molecule has 1 saturated carbocycles. The minimum Gasteiger partial charge on any atom is -0.309 e. The average Bonchev–Trinajstić information content (AvgIpc) is 2.87. The highest BCUT2D eigenvalue weighted by Crippen LogP contribution is 2.32. The molecular formula is C11H16BrNS. The molecule has 0 bridgehead atoms. The van der Waals surface area contributed by atoms with Gasteiger partial charge in [0.2, 0.25) is 0 Å². The van der Waals surface area contributed by atoms with Gasteiger partial charge in [-0.25, -0.2) is 0 Å². The summed E-state index contributed by atoms with van der Waals surface area (Å²) in [7, 11) is 0. The van der Waals surface area contributed by atoms with Crippen LogP contribution in [0.25, 0.3) is 0 Å². The van der Waals surface area contributed by atoms with Crippen LogP contribution in [0.2, 0.25) is 0 Å². The number of halogens is 1. The van der Waals surface area contributed by atoms with Crippen LogP contribution in [0.3, 0.4) is 0 Å². The van der Waals surface area contributed by atoms with Gasteiger partial charge in [0.25, 0.3) is 0 Å². The summed E-state index contributed by atoms with van der Waals surface area (Å²) in [4.78, 5) is 1.42. The van der Waals surface area contributed by atoms with Gasteiger partial charge >= 0.3 is 0 Å². The SMILES string of the molecule is CC(NCCC1CC1)c1sccc1Br. The van der Waals surface area contributed by atoms with E-state index in [2.05, 4.69) is 39.6 Å². The van der Waals surface area contributed by atoms with Crippen molar-refractivity contribution in [2.75, 3.05) is 6.54 Å². The van der Waals surface area contributed by atoms with E-state index in [4.69, 9.17) is 0 Å². The lowest BCUT2D eigenvalue weighted by molar-refractivity contribution is 0.544. The molecule has 1 aliphatic rings. The van der Waals surface area contributed by atoms with Crippen molar-refractivity contribution in [3.63, 3.8) is 0 Å². The maximum Gasteiger partial charge on any atom is 0.0397 e. The maximum absolute atomic E-state index is 3.58. The van der Waals surface area contributed by atoms with Crippen molar-refractivity contribution < 1.29 is 0 Å². The van der Waals surface area contributed by atoms with Crippen LogP contribution < -0.4 is 5.32 Å². The minimum absolute atomic E-state index is 0.489. The lowest BCUT2D eigenvalue weighted by Gasteiger charge is -2.12. The number of rotatable bonds is 5. The molecule has 3 heteroatoms. The van der Waals surface area contributed by atoms with E-state index in [1.165, 1.54) is 28.6 Å². The smallest absolute Gasteiger partial charge is 0.0397 e. The summed E-state index contributed by atoms with van der Waals surface area (Å²) in [5, 5.41) is 5.71. The van der Waals surface area contributed by atoms with Gasteiger partial charge in [-0.15, -0.1) is 11.3 Å². The Labute approximate surface area is 98.0 Å². The predicted molar refractivity (Wildman–Crippen MR) is 65.8 cm³/mol. The summed E-state index contributed by atoms with van der Waals surface area (Å²) in [6, 6.07) is 2.61. The fourth-order valence-electron chi connectivity index (χ4n) is 1.62. The zero-order valence-electron chi connectivity index (χ0n) is 8.42. The number of thiophene rings is 1. The first-order valence-corrected chi connectivity index (χ1v) is 6.91. The van der Waals surface area contributed by atoms with Crippen molar-refractivity contribution in [1.82, 2.24) is 5.32 Å². The lowest BCUT2D eigenvalue weighted by atomic mass is 10.2. The molecule has 1 aliphatic carbocycles. The van der Waals surface area contributed by atoms with E-state index in [0.717, 1.165) is 12.5 Å².